The minimum absolute atomic E-state index is 0.0451. The largest absolute Gasteiger partial charge is 0.496 e. The molecule has 0 bridgehead atoms. The van der Waals surface area contributed by atoms with Crippen LogP contribution in [0.25, 0.3) is 0 Å². The number of hydrogen-bond acceptors (Lipinski definition) is 8. The third-order valence-corrected chi connectivity index (χ3v) is 4.51. The van der Waals surface area contributed by atoms with Crippen LogP contribution in [0.3, 0.4) is 0 Å². The maximum absolute atomic E-state index is 12.6. The number of esters is 1. The lowest BCUT2D eigenvalue weighted by Gasteiger charge is -2.14. The summed E-state index contributed by atoms with van der Waals surface area (Å²) in [6.07, 6.45) is 0.558. The highest BCUT2D eigenvalue weighted by atomic mass is 35.5. The fraction of sp³-hybridized carbons (Fsp3) is 0.333. The van der Waals surface area contributed by atoms with Crippen molar-refractivity contribution in [1.82, 2.24) is 9.13 Å². The first-order valence-electron chi connectivity index (χ1n) is 8.56. The Morgan fingerprint density at radius 1 is 1.21 bits per heavy atom. The number of ketones is 1. The zero-order valence-corrected chi connectivity index (χ0v) is 16.9. The highest BCUT2D eigenvalue weighted by molar-refractivity contribution is 6.33. The highest BCUT2D eigenvalue weighted by Gasteiger charge is 2.24. The Bertz CT molecular complexity index is 1090. The van der Waals surface area contributed by atoms with Gasteiger partial charge in [-0.25, -0.2) is 9.59 Å². The summed E-state index contributed by atoms with van der Waals surface area (Å²) in [5.41, 5.74) is 9.77. The minimum Gasteiger partial charge on any atom is -0.496 e. The molecule has 1 aromatic carbocycles. The van der Waals surface area contributed by atoms with Crippen molar-refractivity contribution < 1.29 is 19.1 Å². The molecule has 1 aromatic heterocycles. The molecule has 2 aromatic rings. The number of carbonyl (C=O) groups is 2. The van der Waals surface area contributed by atoms with Crippen LogP contribution in [0.4, 0.5) is 11.5 Å². The van der Waals surface area contributed by atoms with E-state index in [2.05, 4.69) is 0 Å². The molecule has 29 heavy (non-hydrogen) atoms. The van der Waals surface area contributed by atoms with E-state index in [0.29, 0.717) is 6.42 Å². The summed E-state index contributed by atoms with van der Waals surface area (Å²) in [7, 11) is 2.56. The number of rotatable bonds is 7. The molecule has 0 aliphatic heterocycles. The Hall–Kier alpha value is -3.27. The Balaban J connectivity index is 2.33. The topological polar surface area (TPSA) is 149 Å². The summed E-state index contributed by atoms with van der Waals surface area (Å²) < 4.78 is 12.0. The van der Waals surface area contributed by atoms with E-state index in [0.717, 1.165) is 9.13 Å². The lowest BCUT2D eigenvalue weighted by atomic mass is 10.1. The average Bonchev–Trinajstić information content (AvgIpc) is 2.69. The zero-order chi connectivity index (χ0) is 21.9. The summed E-state index contributed by atoms with van der Waals surface area (Å²) in [5, 5.41) is 0.105. The van der Waals surface area contributed by atoms with Gasteiger partial charge in [0.1, 0.15) is 22.7 Å². The van der Waals surface area contributed by atoms with Gasteiger partial charge in [0.25, 0.3) is 5.56 Å². The molecule has 1 heterocycles. The van der Waals surface area contributed by atoms with Crippen LogP contribution in [0.2, 0.25) is 5.02 Å². The standard InChI is InChI=1S/C18H21ClN4O6/c1-4-5-23-15(21)14(16(25)22(2)18(23)27)12(24)8-29-17(26)9-6-10(19)11(20)7-13(9)28-3/h6-7H,4-5,8,20-21H2,1-3H3. The van der Waals surface area contributed by atoms with E-state index < -0.39 is 35.2 Å². The van der Waals surface area contributed by atoms with Gasteiger partial charge in [0.05, 0.1) is 17.8 Å². The van der Waals surface area contributed by atoms with Crippen molar-refractivity contribution >= 4 is 34.9 Å². The molecule has 2 rings (SSSR count). The molecule has 0 aliphatic rings. The Morgan fingerprint density at radius 3 is 2.45 bits per heavy atom. The van der Waals surface area contributed by atoms with E-state index in [1.54, 1.807) is 0 Å². The fourth-order valence-electron chi connectivity index (χ4n) is 2.66. The highest BCUT2D eigenvalue weighted by Crippen LogP contribution is 2.29. The van der Waals surface area contributed by atoms with Crippen LogP contribution in [0.1, 0.15) is 34.1 Å². The molecule has 0 saturated carbocycles. The Labute approximate surface area is 170 Å². The van der Waals surface area contributed by atoms with Gasteiger partial charge in [-0.05, 0) is 12.5 Å². The van der Waals surface area contributed by atoms with Crippen LogP contribution in [-0.4, -0.2) is 34.6 Å². The smallest absolute Gasteiger partial charge is 0.342 e. The lowest BCUT2D eigenvalue weighted by Crippen LogP contribution is -2.43. The number of ether oxygens (including phenoxy) is 2. The first-order chi connectivity index (χ1) is 13.6. The minimum atomic E-state index is -0.908. The molecule has 0 aliphatic carbocycles. The lowest BCUT2D eigenvalue weighted by molar-refractivity contribution is 0.0471. The average molecular weight is 425 g/mol. The third-order valence-electron chi connectivity index (χ3n) is 4.18. The molecule has 10 nitrogen and oxygen atoms in total. The van der Waals surface area contributed by atoms with Gasteiger partial charge in [0.2, 0.25) is 5.78 Å². The van der Waals surface area contributed by atoms with Crippen molar-refractivity contribution in [2.75, 3.05) is 25.2 Å². The van der Waals surface area contributed by atoms with Crippen molar-refractivity contribution in [3.63, 3.8) is 0 Å². The molecule has 156 valence electrons. The van der Waals surface area contributed by atoms with E-state index in [1.807, 2.05) is 6.92 Å². The first-order valence-corrected chi connectivity index (χ1v) is 8.94. The summed E-state index contributed by atoms with van der Waals surface area (Å²) in [5.74, 6) is -1.92. The number of methoxy groups -OCH3 is 1. The summed E-state index contributed by atoms with van der Waals surface area (Å²) in [6, 6.07) is 2.59. The number of carbonyl (C=O) groups excluding carboxylic acids is 2. The molecule has 0 radical (unpaired) electrons. The van der Waals surface area contributed by atoms with E-state index in [1.165, 1.54) is 26.3 Å². The fourth-order valence-corrected chi connectivity index (χ4v) is 2.83. The number of aromatic nitrogens is 2. The van der Waals surface area contributed by atoms with Crippen molar-refractivity contribution in [2.45, 2.75) is 19.9 Å². The van der Waals surface area contributed by atoms with Crippen LogP contribution in [0, 0.1) is 0 Å². The van der Waals surface area contributed by atoms with Gasteiger partial charge < -0.3 is 20.9 Å². The maximum Gasteiger partial charge on any atom is 0.342 e. The second-order valence-electron chi connectivity index (χ2n) is 6.13. The van der Waals surface area contributed by atoms with Crippen LogP contribution < -0.4 is 27.5 Å². The van der Waals surface area contributed by atoms with Gasteiger partial charge in [-0.2, -0.15) is 0 Å². The van der Waals surface area contributed by atoms with Crippen molar-refractivity contribution in [3.8, 4) is 5.75 Å². The monoisotopic (exact) mass is 424 g/mol. The number of nitrogens with two attached hydrogens (primary N) is 2. The zero-order valence-electron chi connectivity index (χ0n) is 16.2. The molecule has 0 atom stereocenters. The van der Waals surface area contributed by atoms with Gasteiger partial charge in [-0.15, -0.1) is 0 Å². The molecule has 0 unspecified atom stereocenters. The molecule has 11 heteroatoms. The Kier molecular flexibility index (Phi) is 6.70. The van der Waals surface area contributed by atoms with Gasteiger partial charge >= 0.3 is 11.7 Å². The molecule has 4 N–H and O–H groups in total. The van der Waals surface area contributed by atoms with E-state index >= 15 is 0 Å². The van der Waals surface area contributed by atoms with Crippen molar-refractivity contribution in [3.05, 3.63) is 49.1 Å². The van der Waals surface area contributed by atoms with E-state index in [9.17, 15) is 19.2 Å². The maximum atomic E-state index is 12.6. The molecular weight excluding hydrogens is 404 g/mol. The van der Waals surface area contributed by atoms with Crippen molar-refractivity contribution in [1.29, 1.82) is 0 Å². The molecular formula is C18H21ClN4O6. The van der Waals surface area contributed by atoms with Crippen LogP contribution >= 0.6 is 11.6 Å². The number of hydrogen-bond donors (Lipinski definition) is 2. The number of nitrogen functional groups attached to an aromatic ring is 2. The van der Waals surface area contributed by atoms with Gasteiger partial charge in [-0.3, -0.25) is 18.7 Å². The summed E-state index contributed by atoms with van der Waals surface area (Å²) in [4.78, 5) is 49.4. The summed E-state index contributed by atoms with van der Waals surface area (Å²) >= 11 is 5.92. The number of halogens is 1. The second kappa shape index (κ2) is 8.82. The van der Waals surface area contributed by atoms with Gasteiger partial charge in [0.15, 0.2) is 6.61 Å². The number of anilines is 2. The number of Topliss-reactive ketones (excluding diaryl/α,β-unsaturated/α-hetero) is 1. The summed E-state index contributed by atoms with van der Waals surface area (Å²) in [6.45, 7) is 1.26. The van der Waals surface area contributed by atoms with Crippen LogP contribution in [-0.2, 0) is 18.3 Å². The molecule has 0 amide bonds. The molecule has 0 spiro atoms. The van der Waals surface area contributed by atoms with Crippen LogP contribution in [0.15, 0.2) is 21.7 Å². The number of nitrogens with zero attached hydrogens (tertiary/aromatic N) is 2. The second-order valence-corrected chi connectivity index (χ2v) is 6.54. The van der Waals surface area contributed by atoms with Gasteiger partial charge in [0, 0.05) is 19.7 Å². The first kappa shape index (κ1) is 22.0. The van der Waals surface area contributed by atoms with Gasteiger partial charge in [-0.1, -0.05) is 18.5 Å². The number of benzene rings is 1. The van der Waals surface area contributed by atoms with Crippen molar-refractivity contribution in [2.24, 2.45) is 7.05 Å². The quantitative estimate of drug-likeness (QED) is 0.377. The molecule has 0 fully saturated rings. The SMILES string of the molecule is CCCn1c(N)c(C(=O)COC(=O)c2cc(Cl)c(N)cc2OC)c(=O)n(C)c1=O. The molecule has 0 saturated heterocycles. The normalized spacial score (nSPS) is 10.6. The van der Waals surface area contributed by atoms with E-state index in [4.69, 9.17) is 32.5 Å². The van der Waals surface area contributed by atoms with E-state index in [-0.39, 0.29) is 34.4 Å². The predicted molar refractivity (Wildman–Crippen MR) is 108 cm³/mol. The predicted octanol–water partition coefficient (Wildman–Crippen LogP) is 0.823. The third kappa shape index (κ3) is 4.27. The Morgan fingerprint density at radius 2 is 1.86 bits per heavy atom. The van der Waals surface area contributed by atoms with Crippen LogP contribution in [0.5, 0.6) is 5.75 Å².